The van der Waals surface area contributed by atoms with E-state index in [4.69, 9.17) is 0 Å². The molecular formula is C9H20N2. The second-order valence-electron chi connectivity index (χ2n) is 4.23. The van der Waals surface area contributed by atoms with Crippen molar-refractivity contribution in [2.24, 2.45) is 0 Å². The average molecular weight is 156 g/mol. The van der Waals surface area contributed by atoms with E-state index in [2.05, 4.69) is 38.0 Å². The zero-order chi connectivity index (χ0) is 8.48. The lowest BCUT2D eigenvalue weighted by atomic mass is 9.98. The first-order valence-corrected chi connectivity index (χ1v) is 4.48. The van der Waals surface area contributed by atoms with Gasteiger partial charge in [-0.25, -0.2) is 0 Å². The summed E-state index contributed by atoms with van der Waals surface area (Å²) in [6.07, 6.45) is 1.24. The van der Waals surface area contributed by atoms with Crippen LogP contribution in [0.15, 0.2) is 0 Å². The molecule has 0 aromatic rings. The highest BCUT2D eigenvalue weighted by Gasteiger charge is 2.28. The summed E-state index contributed by atoms with van der Waals surface area (Å²) >= 11 is 0. The third-order valence-electron chi connectivity index (χ3n) is 2.97. The Hall–Kier alpha value is -0.0800. The van der Waals surface area contributed by atoms with Crippen LogP contribution in [0.2, 0.25) is 0 Å². The van der Waals surface area contributed by atoms with Crippen molar-refractivity contribution < 1.29 is 0 Å². The van der Waals surface area contributed by atoms with Crippen LogP contribution in [0.3, 0.4) is 0 Å². The highest BCUT2D eigenvalue weighted by Crippen LogP contribution is 2.20. The summed E-state index contributed by atoms with van der Waals surface area (Å²) in [5, 5.41) is 3.44. The van der Waals surface area contributed by atoms with Gasteiger partial charge in [-0.1, -0.05) is 0 Å². The van der Waals surface area contributed by atoms with Crippen molar-refractivity contribution in [3.8, 4) is 0 Å². The van der Waals surface area contributed by atoms with Gasteiger partial charge in [0.05, 0.1) is 0 Å². The molecule has 0 amide bonds. The van der Waals surface area contributed by atoms with Gasteiger partial charge in [0.15, 0.2) is 0 Å². The summed E-state index contributed by atoms with van der Waals surface area (Å²) < 4.78 is 0. The zero-order valence-corrected chi connectivity index (χ0v) is 8.15. The molecule has 0 aromatic heterocycles. The molecule has 1 N–H and O–H groups in total. The van der Waals surface area contributed by atoms with Crippen molar-refractivity contribution in [3.05, 3.63) is 0 Å². The van der Waals surface area contributed by atoms with Crippen LogP contribution in [-0.2, 0) is 0 Å². The van der Waals surface area contributed by atoms with E-state index in [1.807, 2.05) is 0 Å². The van der Waals surface area contributed by atoms with Crippen LogP contribution >= 0.6 is 0 Å². The number of nitrogens with one attached hydrogen (secondary N) is 1. The van der Waals surface area contributed by atoms with E-state index >= 15 is 0 Å². The number of likely N-dealkylation sites (N-methyl/N-ethyl adjacent to an activating group) is 1. The van der Waals surface area contributed by atoms with Crippen molar-refractivity contribution in [1.82, 2.24) is 10.2 Å². The molecule has 1 aliphatic heterocycles. The smallest absolute Gasteiger partial charge is 0.0194 e. The summed E-state index contributed by atoms with van der Waals surface area (Å²) in [4.78, 5) is 2.47. The van der Waals surface area contributed by atoms with Crippen LogP contribution in [0.4, 0.5) is 0 Å². The Balaban J connectivity index is 2.65. The van der Waals surface area contributed by atoms with E-state index in [1.54, 1.807) is 0 Å². The Bertz CT molecular complexity index is 132. The maximum absolute atomic E-state index is 3.44. The van der Waals surface area contributed by atoms with Gasteiger partial charge in [0.1, 0.15) is 0 Å². The molecule has 2 heteroatoms. The lowest BCUT2D eigenvalue weighted by molar-refractivity contribution is 0.121. The largest absolute Gasteiger partial charge is 0.315 e. The van der Waals surface area contributed by atoms with Crippen molar-refractivity contribution >= 4 is 0 Å². The predicted molar refractivity (Wildman–Crippen MR) is 48.8 cm³/mol. The van der Waals surface area contributed by atoms with Gasteiger partial charge in [-0.3, -0.25) is 4.90 Å². The highest BCUT2D eigenvalue weighted by molar-refractivity contribution is 4.86. The Labute approximate surface area is 70.0 Å². The molecule has 1 heterocycles. The molecule has 1 aliphatic rings. The summed E-state index contributed by atoms with van der Waals surface area (Å²) in [5.74, 6) is 0. The fourth-order valence-electron chi connectivity index (χ4n) is 1.62. The first-order chi connectivity index (χ1) is 5.04. The van der Waals surface area contributed by atoms with Gasteiger partial charge in [0.25, 0.3) is 0 Å². The molecule has 1 unspecified atom stereocenters. The lowest BCUT2D eigenvalue weighted by Gasteiger charge is -2.37. The second kappa shape index (κ2) is 3.11. The molecular weight excluding hydrogens is 136 g/mol. The summed E-state index contributed by atoms with van der Waals surface area (Å²) in [6.45, 7) is 9.19. The van der Waals surface area contributed by atoms with Gasteiger partial charge in [-0.2, -0.15) is 0 Å². The molecule has 0 aromatic carbocycles. The van der Waals surface area contributed by atoms with E-state index in [1.165, 1.54) is 6.42 Å². The van der Waals surface area contributed by atoms with E-state index in [9.17, 15) is 0 Å². The van der Waals surface area contributed by atoms with Crippen molar-refractivity contribution in [3.63, 3.8) is 0 Å². The minimum Gasteiger partial charge on any atom is -0.315 e. The summed E-state index contributed by atoms with van der Waals surface area (Å²) in [7, 11) is 2.22. The molecule has 11 heavy (non-hydrogen) atoms. The average Bonchev–Trinajstić information content (AvgIpc) is 2.03. The van der Waals surface area contributed by atoms with Gasteiger partial charge in [0.2, 0.25) is 0 Å². The van der Waals surface area contributed by atoms with Gasteiger partial charge in [0, 0.05) is 18.1 Å². The monoisotopic (exact) mass is 156 g/mol. The number of rotatable bonds is 0. The van der Waals surface area contributed by atoms with E-state index in [-0.39, 0.29) is 0 Å². The summed E-state index contributed by atoms with van der Waals surface area (Å²) in [6, 6.07) is 0.660. The predicted octanol–water partition coefficient (Wildman–Crippen LogP) is 1.08. The van der Waals surface area contributed by atoms with Gasteiger partial charge in [-0.15, -0.1) is 0 Å². The van der Waals surface area contributed by atoms with E-state index < -0.39 is 0 Å². The first kappa shape index (κ1) is 9.01. The third-order valence-corrected chi connectivity index (χ3v) is 2.97. The Morgan fingerprint density at radius 2 is 2.09 bits per heavy atom. The fourth-order valence-corrected chi connectivity index (χ4v) is 1.62. The van der Waals surface area contributed by atoms with Crippen molar-refractivity contribution in [2.75, 3.05) is 20.1 Å². The molecule has 1 rings (SSSR count). The van der Waals surface area contributed by atoms with Crippen LogP contribution < -0.4 is 5.32 Å². The molecule has 0 radical (unpaired) electrons. The number of hydrogen-bond donors (Lipinski definition) is 1. The molecule has 0 aliphatic carbocycles. The molecule has 2 nitrogen and oxygen atoms in total. The topological polar surface area (TPSA) is 15.3 Å². The molecule has 1 atom stereocenters. The van der Waals surface area contributed by atoms with Crippen molar-refractivity contribution in [1.29, 1.82) is 0 Å². The second-order valence-corrected chi connectivity index (χ2v) is 4.23. The Morgan fingerprint density at radius 1 is 1.45 bits per heavy atom. The Kier molecular flexibility index (Phi) is 2.55. The minimum absolute atomic E-state index is 0.364. The fraction of sp³-hybridized carbons (Fsp3) is 1.00. The molecule has 0 saturated carbocycles. The van der Waals surface area contributed by atoms with Crippen LogP contribution in [0.25, 0.3) is 0 Å². The standard InChI is InChI=1S/C9H20N2/c1-8-7-10-6-5-9(2,3)11(8)4/h8,10H,5-7H2,1-4H3. The highest BCUT2D eigenvalue weighted by atomic mass is 15.2. The Morgan fingerprint density at radius 3 is 2.73 bits per heavy atom. The molecule has 1 saturated heterocycles. The van der Waals surface area contributed by atoms with Crippen LogP contribution in [0.1, 0.15) is 27.2 Å². The number of nitrogens with zero attached hydrogens (tertiary/aromatic N) is 1. The third kappa shape index (κ3) is 1.94. The lowest BCUT2D eigenvalue weighted by Crippen LogP contribution is -2.46. The van der Waals surface area contributed by atoms with Crippen LogP contribution in [-0.4, -0.2) is 36.6 Å². The van der Waals surface area contributed by atoms with E-state index in [0.29, 0.717) is 11.6 Å². The first-order valence-electron chi connectivity index (χ1n) is 4.48. The maximum atomic E-state index is 3.44. The SMILES string of the molecule is CC1CNCCC(C)(C)N1C. The van der Waals surface area contributed by atoms with E-state index in [0.717, 1.165) is 13.1 Å². The number of hydrogen-bond acceptors (Lipinski definition) is 2. The normalized spacial score (nSPS) is 33.3. The molecule has 66 valence electrons. The maximum Gasteiger partial charge on any atom is 0.0194 e. The van der Waals surface area contributed by atoms with Crippen LogP contribution in [0.5, 0.6) is 0 Å². The van der Waals surface area contributed by atoms with Gasteiger partial charge < -0.3 is 5.32 Å². The van der Waals surface area contributed by atoms with Crippen molar-refractivity contribution in [2.45, 2.75) is 38.8 Å². The summed E-state index contributed by atoms with van der Waals surface area (Å²) in [5.41, 5.74) is 0.364. The van der Waals surface area contributed by atoms with Crippen LogP contribution in [0, 0.1) is 0 Å². The van der Waals surface area contributed by atoms with Gasteiger partial charge in [-0.05, 0) is 40.8 Å². The van der Waals surface area contributed by atoms with Gasteiger partial charge >= 0.3 is 0 Å². The molecule has 0 spiro atoms. The molecule has 1 fully saturated rings. The molecule has 0 bridgehead atoms. The zero-order valence-electron chi connectivity index (χ0n) is 8.15. The quantitative estimate of drug-likeness (QED) is 0.564. The minimum atomic E-state index is 0.364.